The van der Waals surface area contributed by atoms with Gasteiger partial charge in [-0.05, 0) is 35.2 Å². The second kappa shape index (κ2) is 5.89. The van der Waals surface area contributed by atoms with Crippen molar-refractivity contribution in [2.75, 3.05) is 6.54 Å². The Kier molecular flexibility index (Phi) is 3.98. The van der Waals surface area contributed by atoms with Crippen LogP contribution in [0.15, 0.2) is 41.8 Å². The molecule has 20 heavy (non-hydrogen) atoms. The fourth-order valence-corrected chi connectivity index (χ4v) is 3.17. The van der Waals surface area contributed by atoms with Crippen LogP contribution in [0.5, 0.6) is 10.8 Å². The van der Waals surface area contributed by atoms with Gasteiger partial charge in [-0.1, -0.05) is 12.1 Å². The van der Waals surface area contributed by atoms with E-state index in [1.807, 2.05) is 46.7 Å². The lowest BCUT2D eigenvalue weighted by atomic mass is 10.2. The zero-order chi connectivity index (χ0) is 13.9. The number of hydrogen-bond donors (Lipinski definition) is 1. The van der Waals surface area contributed by atoms with E-state index in [0.717, 1.165) is 22.9 Å². The summed E-state index contributed by atoms with van der Waals surface area (Å²) in [5.41, 5.74) is 1.11. The summed E-state index contributed by atoms with van der Waals surface area (Å²) in [6, 6.07) is 11.8. The fourth-order valence-electron chi connectivity index (χ4n) is 2.23. The SMILES string of the molecule is O=C1CC(S)CN1Cc1ccc(Oc2cccs2)cc1. The highest BCUT2D eigenvalue weighted by molar-refractivity contribution is 7.81. The van der Waals surface area contributed by atoms with Gasteiger partial charge in [-0.2, -0.15) is 12.6 Å². The lowest BCUT2D eigenvalue weighted by Crippen LogP contribution is -2.24. The zero-order valence-electron chi connectivity index (χ0n) is 10.9. The van der Waals surface area contributed by atoms with Gasteiger partial charge in [0, 0.05) is 24.8 Å². The summed E-state index contributed by atoms with van der Waals surface area (Å²) in [6.07, 6.45) is 0.544. The zero-order valence-corrected chi connectivity index (χ0v) is 12.6. The number of nitrogens with zero attached hydrogens (tertiary/aromatic N) is 1. The van der Waals surface area contributed by atoms with Crippen molar-refractivity contribution in [2.24, 2.45) is 0 Å². The van der Waals surface area contributed by atoms with Crippen LogP contribution in [0.3, 0.4) is 0 Å². The van der Waals surface area contributed by atoms with Crippen LogP contribution in [0.25, 0.3) is 0 Å². The second-order valence-electron chi connectivity index (χ2n) is 4.81. The predicted molar refractivity (Wildman–Crippen MR) is 83.6 cm³/mol. The largest absolute Gasteiger partial charge is 0.447 e. The Balaban J connectivity index is 1.63. The molecule has 0 aliphatic carbocycles. The van der Waals surface area contributed by atoms with E-state index in [1.54, 1.807) is 11.3 Å². The minimum atomic E-state index is 0.170. The molecule has 2 heterocycles. The fraction of sp³-hybridized carbons (Fsp3) is 0.267. The summed E-state index contributed by atoms with van der Waals surface area (Å²) in [4.78, 5) is 13.6. The second-order valence-corrected chi connectivity index (χ2v) is 6.45. The molecular weight excluding hydrogens is 290 g/mol. The normalized spacial score (nSPS) is 18.6. The molecule has 1 aromatic carbocycles. The third-order valence-electron chi connectivity index (χ3n) is 3.20. The first-order valence-corrected chi connectivity index (χ1v) is 7.86. The van der Waals surface area contributed by atoms with Gasteiger partial charge in [0.25, 0.3) is 0 Å². The van der Waals surface area contributed by atoms with Crippen LogP contribution < -0.4 is 4.74 Å². The number of hydrogen-bond acceptors (Lipinski definition) is 4. The molecule has 0 bridgehead atoms. The molecule has 3 rings (SSSR count). The van der Waals surface area contributed by atoms with E-state index in [-0.39, 0.29) is 11.2 Å². The lowest BCUT2D eigenvalue weighted by molar-refractivity contribution is -0.128. The molecule has 0 N–H and O–H groups in total. The van der Waals surface area contributed by atoms with Crippen LogP contribution in [0.4, 0.5) is 0 Å². The summed E-state index contributed by atoms with van der Waals surface area (Å²) >= 11 is 5.93. The maximum Gasteiger partial charge on any atom is 0.224 e. The minimum absolute atomic E-state index is 0.170. The molecule has 104 valence electrons. The molecule has 3 nitrogen and oxygen atoms in total. The van der Waals surface area contributed by atoms with Gasteiger partial charge in [-0.15, -0.1) is 11.3 Å². The Morgan fingerprint density at radius 1 is 1.30 bits per heavy atom. The molecular formula is C15H15NO2S2. The van der Waals surface area contributed by atoms with Crippen molar-refractivity contribution in [3.8, 4) is 10.8 Å². The topological polar surface area (TPSA) is 29.5 Å². The highest BCUT2D eigenvalue weighted by atomic mass is 32.1. The van der Waals surface area contributed by atoms with Crippen molar-refractivity contribution in [3.63, 3.8) is 0 Å². The Labute approximate surface area is 127 Å². The molecule has 5 heteroatoms. The average molecular weight is 305 g/mol. The van der Waals surface area contributed by atoms with Gasteiger partial charge in [0.05, 0.1) is 0 Å². The third-order valence-corrected chi connectivity index (χ3v) is 4.30. The van der Waals surface area contributed by atoms with Crippen LogP contribution >= 0.6 is 24.0 Å². The Hall–Kier alpha value is -1.46. The summed E-state index contributed by atoms with van der Waals surface area (Å²) in [6.45, 7) is 1.38. The number of amides is 1. The number of carbonyl (C=O) groups is 1. The van der Waals surface area contributed by atoms with Gasteiger partial charge in [-0.25, -0.2) is 0 Å². The summed E-state index contributed by atoms with van der Waals surface area (Å²) in [5, 5.41) is 3.03. The van der Waals surface area contributed by atoms with Gasteiger partial charge in [0.1, 0.15) is 5.75 Å². The molecule has 1 saturated heterocycles. The summed E-state index contributed by atoms with van der Waals surface area (Å²) in [5.74, 6) is 1.000. The molecule has 1 unspecified atom stereocenters. The van der Waals surface area contributed by atoms with Gasteiger partial charge in [0.2, 0.25) is 5.91 Å². The predicted octanol–water partition coefficient (Wildman–Crippen LogP) is 3.57. The molecule has 0 radical (unpaired) electrons. The van der Waals surface area contributed by atoms with E-state index in [1.165, 1.54) is 0 Å². The van der Waals surface area contributed by atoms with Crippen molar-refractivity contribution >= 4 is 29.9 Å². The molecule has 1 aromatic heterocycles. The standard InChI is InChI=1S/C15H15NO2S2/c17-14-8-13(19)10-16(14)9-11-3-5-12(6-4-11)18-15-2-1-7-20-15/h1-7,13,19H,8-10H2. The maximum atomic E-state index is 11.7. The highest BCUT2D eigenvalue weighted by Crippen LogP contribution is 2.26. The number of benzene rings is 1. The van der Waals surface area contributed by atoms with Crippen LogP contribution in [-0.2, 0) is 11.3 Å². The number of carbonyl (C=O) groups excluding carboxylic acids is 1. The number of thiophene rings is 1. The average Bonchev–Trinajstić information content (AvgIpc) is 3.03. The molecule has 1 aliphatic rings. The van der Waals surface area contributed by atoms with Crippen molar-refractivity contribution in [1.82, 2.24) is 4.90 Å². The van der Waals surface area contributed by atoms with E-state index >= 15 is 0 Å². The Morgan fingerprint density at radius 3 is 2.70 bits per heavy atom. The van der Waals surface area contributed by atoms with Gasteiger partial charge < -0.3 is 9.64 Å². The first-order chi connectivity index (χ1) is 9.70. The van der Waals surface area contributed by atoms with Crippen molar-refractivity contribution in [3.05, 3.63) is 47.3 Å². The van der Waals surface area contributed by atoms with Gasteiger partial charge >= 0.3 is 0 Å². The lowest BCUT2D eigenvalue weighted by Gasteiger charge is -2.16. The van der Waals surface area contributed by atoms with Gasteiger partial charge in [0.15, 0.2) is 5.06 Å². The third kappa shape index (κ3) is 3.16. The van der Waals surface area contributed by atoms with E-state index < -0.39 is 0 Å². The Bertz CT molecular complexity index is 580. The maximum absolute atomic E-state index is 11.7. The van der Waals surface area contributed by atoms with Crippen molar-refractivity contribution in [1.29, 1.82) is 0 Å². The number of likely N-dealkylation sites (tertiary alicyclic amines) is 1. The molecule has 1 atom stereocenters. The molecule has 1 amide bonds. The van der Waals surface area contributed by atoms with E-state index in [4.69, 9.17) is 4.74 Å². The molecule has 1 fully saturated rings. The van der Waals surface area contributed by atoms with Crippen LogP contribution in [-0.4, -0.2) is 22.6 Å². The molecule has 0 spiro atoms. The van der Waals surface area contributed by atoms with Crippen molar-refractivity contribution in [2.45, 2.75) is 18.2 Å². The highest BCUT2D eigenvalue weighted by Gasteiger charge is 2.26. The van der Waals surface area contributed by atoms with E-state index in [0.29, 0.717) is 13.0 Å². The first-order valence-electron chi connectivity index (χ1n) is 6.47. The number of thiol groups is 1. The van der Waals surface area contributed by atoms with Crippen LogP contribution in [0, 0.1) is 0 Å². The van der Waals surface area contributed by atoms with Crippen LogP contribution in [0.1, 0.15) is 12.0 Å². The number of ether oxygens (including phenoxy) is 1. The van der Waals surface area contributed by atoms with Crippen molar-refractivity contribution < 1.29 is 9.53 Å². The Morgan fingerprint density at radius 2 is 2.10 bits per heavy atom. The first kappa shape index (κ1) is 13.5. The summed E-state index contributed by atoms with van der Waals surface area (Å²) < 4.78 is 5.71. The molecule has 2 aromatic rings. The smallest absolute Gasteiger partial charge is 0.224 e. The quantitative estimate of drug-likeness (QED) is 0.875. The minimum Gasteiger partial charge on any atom is -0.447 e. The van der Waals surface area contributed by atoms with E-state index in [2.05, 4.69) is 12.6 Å². The molecule has 1 aliphatic heterocycles. The van der Waals surface area contributed by atoms with Gasteiger partial charge in [-0.3, -0.25) is 4.79 Å². The van der Waals surface area contributed by atoms with E-state index in [9.17, 15) is 4.79 Å². The monoisotopic (exact) mass is 305 g/mol. The van der Waals surface area contributed by atoms with Crippen LogP contribution in [0.2, 0.25) is 0 Å². The molecule has 0 saturated carbocycles. The number of rotatable bonds is 4. The summed E-state index contributed by atoms with van der Waals surface area (Å²) in [7, 11) is 0.